The van der Waals surface area contributed by atoms with E-state index in [0.717, 1.165) is 39.0 Å². The van der Waals surface area contributed by atoms with Crippen molar-refractivity contribution in [3.63, 3.8) is 0 Å². The third kappa shape index (κ3) is 4.09. The minimum absolute atomic E-state index is 0.00663. The van der Waals surface area contributed by atoms with Crippen molar-refractivity contribution >= 4 is 11.9 Å². The van der Waals surface area contributed by atoms with Gasteiger partial charge in [-0.2, -0.15) is 0 Å². The first-order chi connectivity index (χ1) is 10.1. The van der Waals surface area contributed by atoms with E-state index in [2.05, 4.69) is 10.2 Å². The van der Waals surface area contributed by atoms with E-state index >= 15 is 0 Å². The molecule has 1 N–H and O–H groups in total. The van der Waals surface area contributed by atoms with Gasteiger partial charge in [-0.05, 0) is 33.1 Å². The molecule has 2 fully saturated rings. The Morgan fingerprint density at radius 3 is 2.14 bits per heavy atom. The van der Waals surface area contributed by atoms with E-state index in [-0.39, 0.29) is 18.0 Å². The molecule has 1 unspecified atom stereocenters. The topological polar surface area (TPSA) is 55.9 Å². The first-order valence-corrected chi connectivity index (χ1v) is 8.19. The van der Waals surface area contributed by atoms with E-state index < -0.39 is 0 Å². The van der Waals surface area contributed by atoms with Crippen molar-refractivity contribution in [1.29, 1.82) is 0 Å². The molecule has 2 aliphatic heterocycles. The lowest BCUT2D eigenvalue weighted by molar-refractivity contribution is -0.137. The number of carbonyl (C=O) groups is 2. The first kappa shape index (κ1) is 16.1. The lowest BCUT2D eigenvalue weighted by Gasteiger charge is -2.39. The zero-order valence-corrected chi connectivity index (χ0v) is 13.3. The molecule has 6 nitrogen and oxygen atoms in total. The van der Waals surface area contributed by atoms with Gasteiger partial charge in [0.15, 0.2) is 0 Å². The van der Waals surface area contributed by atoms with Crippen LogP contribution in [0.2, 0.25) is 0 Å². The molecule has 1 atom stereocenters. The molecule has 3 amide bonds. The molecule has 0 aliphatic carbocycles. The molecule has 2 aliphatic rings. The predicted octanol–water partition coefficient (Wildman–Crippen LogP) is 0.735. The van der Waals surface area contributed by atoms with E-state index in [1.807, 2.05) is 23.6 Å². The summed E-state index contributed by atoms with van der Waals surface area (Å²) in [5.74, 6) is 0.251. The number of piperazine rings is 1. The summed E-state index contributed by atoms with van der Waals surface area (Å²) in [4.78, 5) is 30.3. The molecule has 0 aromatic heterocycles. The molecule has 0 radical (unpaired) electrons. The number of urea groups is 1. The number of amides is 3. The smallest absolute Gasteiger partial charge is 0.317 e. The largest absolute Gasteiger partial charge is 0.341 e. The normalized spacial score (nSPS) is 22.0. The summed E-state index contributed by atoms with van der Waals surface area (Å²) in [5.41, 5.74) is 0. The number of rotatable bonds is 3. The van der Waals surface area contributed by atoms with Crippen LogP contribution in [0, 0.1) is 0 Å². The number of hydrogen-bond acceptors (Lipinski definition) is 3. The van der Waals surface area contributed by atoms with E-state index in [1.165, 1.54) is 6.42 Å². The highest BCUT2D eigenvalue weighted by atomic mass is 16.2. The maximum atomic E-state index is 12.5. The quantitative estimate of drug-likeness (QED) is 0.835. The van der Waals surface area contributed by atoms with Crippen LogP contribution >= 0.6 is 0 Å². The Hall–Kier alpha value is -1.30. The second kappa shape index (κ2) is 7.64. The summed E-state index contributed by atoms with van der Waals surface area (Å²) in [7, 11) is 0. The minimum atomic E-state index is -0.0699. The fraction of sp³-hybridized carbons (Fsp3) is 0.867. The molecule has 2 heterocycles. The van der Waals surface area contributed by atoms with Gasteiger partial charge < -0.3 is 15.1 Å². The van der Waals surface area contributed by atoms with Crippen molar-refractivity contribution in [3.05, 3.63) is 0 Å². The van der Waals surface area contributed by atoms with Gasteiger partial charge in [-0.15, -0.1) is 0 Å². The molecule has 2 saturated heterocycles. The van der Waals surface area contributed by atoms with Crippen molar-refractivity contribution in [1.82, 2.24) is 20.0 Å². The molecule has 6 heteroatoms. The van der Waals surface area contributed by atoms with Crippen LogP contribution < -0.4 is 5.32 Å². The van der Waals surface area contributed by atoms with E-state index in [1.54, 1.807) is 0 Å². The number of piperidine rings is 1. The van der Waals surface area contributed by atoms with Gasteiger partial charge in [-0.3, -0.25) is 9.69 Å². The Balaban J connectivity index is 1.80. The second-order valence-corrected chi connectivity index (χ2v) is 5.92. The fourth-order valence-corrected chi connectivity index (χ4v) is 3.11. The van der Waals surface area contributed by atoms with Gasteiger partial charge >= 0.3 is 6.03 Å². The van der Waals surface area contributed by atoms with Crippen LogP contribution in [0.4, 0.5) is 4.79 Å². The van der Waals surface area contributed by atoms with Gasteiger partial charge in [0.25, 0.3) is 0 Å². The molecule has 0 aromatic rings. The highest BCUT2D eigenvalue weighted by molar-refractivity contribution is 5.81. The summed E-state index contributed by atoms with van der Waals surface area (Å²) < 4.78 is 0. The van der Waals surface area contributed by atoms with Crippen LogP contribution in [-0.2, 0) is 4.79 Å². The summed E-state index contributed by atoms with van der Waals surface area (Å²) in [6, 6.07) is -0.0633. The average Bonchev–Trinajstić information content (AvgIpc) is 2.54. The van der Waals surface area contributed by atoms with Crippen LogP contribution in [0.3, 0.4) is 0 Å². The van der Waals surface area contributed by atoms with Gasteiger partial charge in [-0.25, -0.2) is 4.79 Å². The molecule has 21 heavy (non-hydrogen) atoms. The highest BCUT2D eigenvalue weighted by Gasteiger charge is 2.30. The molecular weight excluding hydrogens is 268 g/mol. The van der Waals surface area contributed by atoms with Crippen molar-refractivity contribution in [2.75, 3.05) is 45.8 Å². The third-order valence-corrected chi connectivity index (χ3v) is 4.50. The number of nitrogens with one attached hydrogen (secondary N) is 1. The Morgan fingerprint density at radius 1 is 0.952 bits per heavy atom. The average molecular weight is 296 g/mol. The predicted molar refractivity (Wildman–Crippen MR) is 82.1 cm³/mol. The van der Waals surface area contributed by atoms with Gasteiger partial charge in [0.1, 0.15) is 0 Å². The highest BCUT2D eigenvalue weighted by Crippen LogP contribution is 2.14. The Labute approximate surface area is 127 Å². The Morgan fingerprint density at radius 2 is 1.57 bits per heavy atom. The van der Waals surface area contributed by atoms with Crippen molar-refractivity contribution in [2.24, 2.45) is 0 Å². The molecule has 0 saturated carbocycles. The zero-order valence-electron chi connectivity index (χ0n) is 13.3. The third-order valence-electron chi connectivity index (χ3n) is 4.50. The van der Waals surface area contributed by atoms with Gasteiger partial charge in [0.2, 0.25) is 5.91 Å². The van der Waals surface area contributed by atoms with Gasteiger partial charge in [-0.1, -0.05) is 0 Å². The summed E-state index contributed by atoms with van der Waals surface area (Å²) in [5, 5.41) is 2.83. The van der Waals surface area contributed by atoms with Crippen molar-refractivity contribution in [3.8, 4) is 0 Å². The van der Waals surface area contributed by atoms with Crippen LogP contribution in [0.15, 0.2) is 0 Å². The van der Waals surface area contributed by atoms with Crippen molar-refractivity contribution in [2.45, 2.75) is 39.2 Å². The molecule has 0 spiro atoms. The number of hydrogen-bond donors (Lipinski definition) is 1. The number of nitrogens with zero attached hydrogens (tertiary/aromatic N) is 3. The summed E-state index contributed by atoms with van der Waals surface area (Å²) in [6.07, 6.45) is 3.50. The SMILES string of the molecule is CCNC(=O)N1CCN(C(C)C(=O)N2CCCCC2)CC1. The molecule has 0 aromatic carbocycles. The second-order valence-electron chi connectivity index (χ2n) is 5.92. The van der Waals surface area contributed by atoms with Crippen LogP contribution in [0.5, 0.6) is 0 Å². The van der Waals surface area contributed by atoms with Crippen LogP contribution in [0.25, 0.3) is 0 Å². The first-order valence-electron chi connectivity index (χ1n) is 8.19. The lowest BCUT2D eigenvalue weighted by atomic mass is 10.1. The molecule has 2 rings (SSSR count). The fourth-order valence-electron chi connectivity index (χ4n) is 3.11. The standard InChI is InChI=1S/C15H28N4O2/c1-3-16-15(21)19-11-9-17(10-12-19)13(2)14(20)18-7-5-4-6-8-18/h13H,3-12H2,1-2H3,(H,16,21). The lowest BCUT2D eigenvalue weighted by Crippen LogP contribution is -2.57. The molecule has 0 bridgehead atoms. The Bertz CT molecular complexity index is 361. The van der Waals surface area contributed by atoms with Crippen molar-refractivity contribution < 1.29 is 9.59 Å². The Kier molecular flexibility index (Phi) is 5.85. The van der Waals surface area contributed by atoms with Crippen LogP contribution in [-0.4, -0.2) is 78.5 Å². The van der Waals surface area contributed by atoms with Gasteiger partial charge in [0.05, 0.1) is 6.04 Å². The van der Waals surface area contributed by atoms with Gasteiger partial charge in [0, 0.05) is 45.8 Å². The maximum Gasteiger partial charge on any atom is 0.317 e. The molecule has 120 valence electrons. The summed E-state index contributed by atoms with van der Waals surface area (Å²) in [6.45, 7) is 9.34. The maximum absolute atomic E-state index is 12.5. The molecular formula is C15H28N4O2. The van der Waals surface area contributed by atoms with Crippen LogP contribution in [0.1, 0.15) is 33.1 Å². The zero-order chi connectivity index (χ0) is 15.2. The van der Waals surface area contributed by atoms with E-state index in [4.69, 9.17) is 0 Å². The van der Waals surface area contributed by atoms with E-state index in [0.29, 0.717) is 19.6 Å². The summed E-state index contributed by atoms with van der Waals surface area (Å²) >= 11 is 0. The number of carbonyl (C=O) groups excluding carboxylic acids is 2. The monoisotopic (exact) mass is 296 g/mol. The minimum Gasteiger partial charge on any atom is -0.341 e. The van der Waals surface area contributed by atoms with E-state index in [9.17, 15) is 9.59 Å². The number of likely N-dealkylation sites (tertiary alicyclic amines) is 1.